The molecule has 0 rings (SSSR count). The summed E-state index contributed by atoms with van der Waals surface area (Å²) in [5.41, 5.74) is 0. The average Bonchev–Trinajstić information content (AvgIpc) is 2.24. The van der Waals surface area contributed by atoms with Crippen LogP contribution >= 0.6 is 0 Å². The van der Waals surface area contributed by atoms with Crippen LogP contribution in [-0.2, 0) is 9.59 Å². The van der Waals surface area contributed by atoms with Crippen molar-refractivity contribution in [2.24, 2.45) is 11.8 Å². The number of aliphatic carboxylic acids is 2. The molecule has 0 aliphatic rings. The van der Waals surface area contributed by atoms with E-state index in [9.17, 15) is 9.59 Å². The zero-order valence-corrected chi connectivity index (χ0v) is 10.8. The van der Waals surface area contributed by atoms with Gasteiger partial charge in [-0.1, -0.05) is 46.0 Å². The van der Waals surface area contributed by atoms with Gasteiger partial charge in [0, 0.05) is 0 Å². The minimum Gasteiger partial charge on any atom is -0.481 e. The van der Waals surface area contributed by atoms with Crippen molar-refractivity contribution in [2.75, 3.05) is 0 Å². The monoisotopic (exact) mass is 244 g/mol. The van der Waals surface area contributed by atoms with Crippen LogP contribution in [0.3, 0.4) is 0 Å². The predicted molar refractivity (Wildman–Crippen MR) is 65.9 cm³/mol. The summed E-state index contributed by atoms with van der Waals surface area (Å²) in [6.45, 7) is 3.98. The molecule has 0 heterocycles. The molecule has 2 N–H and O–H groups in total. The second kappa shape index (κ2) is 9.02. The first-order valence-electron chi connectivity index (χ1n) is 6.43. The molecule has 0 aliphatic heterocycles. The van der Waals surface area contributed by atoms with Gasteiger partial charge in [0.05, 0.1) is 12.3 Å². The van der Waals surface area contributed by atoms with Crippen LogP contribution in [0.5, 0.6) is 0 Å². The molecule has 0 aromatic rings. The SMILES string of the molecule is CCCCCCCC(C)C(CC(=O)O)C(=O)O. The maximum absolute atomic E-state index is 10.9. The number of carbonyl (C=O) groups is 2. The van der Waals surface area contributed by atoms with Crippen molar-refractivity contribution >= 4 is 11.9 Å². The number of rotatable bonds is 10. The fourth-order valence-electron chi connectivity index (χ4n) is 1.99. The van der Waals surface area contributed by atoms with E-state index in [-0.39, 0.29) is 12.3 Å². The van der Waals surface area contributed by atoms with Crippen molar-refractivity contribution in [1.29, 1.82) is 0 Å². The summed E-state index contributed by atoms with van der Waals surface area (Å²) in [4.78, 5) is 21.5. The Balaban J connectivity index is 3.93. The highest BCUT2D eigenvalue weighted by Gasteiger charge is 2.26. The van der Waals surface area contributed by atoms with Crippen LogP contribution in [-0.4, -0.2) is 22.2 Å². The van der Waals surface area contributed by atoms with Crippen molar-refractivity contribution in [3.8, 4) is 0 Å². The van der Waals surface area contributed by atoms with Crippen molar-refractivity contribution in [1.82, 2.24) is 0 Å². The van der Waals surface area contributed by atoms with Crippen LogP contribution in [0.1, 0.15) is 58.8 Å². The zero-order valence-electron chi connectivity index (χ0n) is 10.8. The van der Waals surface area contributed by atoms with Gasteiger partial charge in [-0.3, -0.25) is 9.59 Å². The molecule has 0 amide bonds. The minimum atomic E-state index is -1.03. The Morgan fingerprint density at radius 2 is 1.65 bits per heavy atom. The molecule has 0 aromatic heterocycles. The lowest BCUT2D eigenvalue weighted by Gasteiger charge is -2.18. The molecule has 4 nitrogen and oxygen atoms in total. The summed E-state index contributed by atoms with van der Waals surface area (Å²) in [6.07, 6.45) is 6.21. The van der Waals surface area contributed by atoms with E-state index in [0.29, 0.717) is 0 Å². The quantitative estimate of drug-likeness (QED) is 0.579. The first kappa shape index (κ1) is 15.9. The smallest absolute Gasteiger partial charge is 0.307 e. The Kier molecular flexibility index (Phi) is 8.46. The molecule has 2 unspecified atom stereocenters. The van der Waals surface area contributed by atoms with Gasteiger partial charge in [0.25, 0.3) is 0 Å². The van der Waals surface area contributed by atoms with E-state index >= 15 is 0 Å². The van der Waals surface area contributed by atoms with E-state index in [1.807, 2.05) is 6.92 Å². The van der Waals surface area contributed by atoms with Crippen LogP contribution in [0.25, 0.3) is 0 Å². The highest BCUT2D eigenvalue weighted by molar-refractivity contribution is 5.77. The lowest BCUT2D eigenvalue weighted by molar-refractivity contribution is -0.150. The summed E-state index contributed by atoms with van der Waals surface area (Å²) in [7, 11) is 0. The van der Waals surface area contributed by atoms with E-state index < -0.39 is 17.9 Å². The molecule has 0 saturated heterocycles. The van der Waals surface area contributed by atoms with Crippen molar-refractivity contribution in [2.45, 2.75) is 58.8 Å². The van der Waals surface area contributed by atoms with Crippen LogP contribution in [0.2, 0.25) is 0 Å². The summed E-state index contributed by atoms with van der Waals surface area (Å²) in [5.74, 6) is -2.84. The van der Waals surface area contributed by atoms with E-state index in [1.54, 1.807) is 0 Å². The lowest BCUT2D eigenvalue weighted by Crippen LogP contribution is -2.24. The third-order valence-electron chi connectivity index (χ3n) is 3.16. The fraction of sp³-hybridized carbons (Fsp3) is 0.846. The maximum Gasteiger partial charge on any atom is 0.307 e. The van der Waals surface area contributed by atoms with Gasteiger partial charge in [0.2, 0.25) is 0 Å². The molecule has 0 spiro atoms. The third-order valence-corrected chi connectivity index (χ3v) is 3.16. The average molecular weight is 244 g/mol. The number of hydrogen-bond donors (Lipinski definition) is 2. The molecular weight excluding hydrogens is 220 g/mol. The van der Waals surface area contributed by atoms with Crippen LogP contribution in [0, 0.1) is 11.8 Å². The summed E-state index contributed by atoms with van der Waals surface area (Å²) in [6, 6.07) is 0. The zero-order chi connectivity index (χ0) is 13.3. The Morgan fingerprint density at radius 1 is 1.06 bits per heavy atom. The number of unbranched alkanes of at least 4 members (excludes halogenated alkanes) is 4. The van der Waals surface area contributed by atoms with Crippen molar-refractivity contribution in [3.63, 3.8) is 0 Å². The highest BCUT2D eigenvalue weighted by atomic mass is 16.4. The van der Waals surface area contributed by atoms with E-state index in [1.165, 1.54) is 19.3 Å². The molecule has 0 fully saturated rings. The Bertz CT molecular complexity index is 238. The van der Waals surface area contributed by atoms with Gasteiger partial charge in [-0.2, -0.15) is 0 Å². The molecule has 0 aromatic carbocycles. The highest BCUT2D eigenvalue weighted by Crippen LogP contribution is 2.22. The van der Waals surface area contributed by atoms with Gasteiger partial charge < -0.3 is 10.2 Å². The summed E-state index contributed by atoms with van der Waals surface area (Å²) < 4.78 is 0. The largest absolute Gasteiger partial charge is 0.481 e. The van der Waals surface area contributed by atoms with Gasteiger partial charge >= 0.3 is 11.9 Å². The van der Waals surface area contributed by atoms with Crippen molar-refractivity contribution < 1.29 is 19.8 Å². The van der Waals surface area contributed by atoms with E-state index in [2.05, 4.69) is 6.92 Å². The second-order valence-electron chi connectivity index (χ2n) is 4.72. The molecule has 4 heteroatoms. The molecule has 2 atom stereocenters. The van der Waals surface area contributed by atoms with Gasteiger partial charge in [-0.05, 0) is 12.3 Å². The summed E-state index contributed by atoms with van der Waals surface area (Å²) in [5, 5.41) is 17.6. The molecule has 100 valence electrons. The molecular formula is C13H24O4. The van der Waals surface area contributed by atoms with Gasteiger partial charge in [-0.25, -0.2) is 0 Å². The normalized spacial score (nSPS) is 14.2. The number of carboxylic acid groups (broad SMARTS) is 2. The maximum atomic E-state index is 10.9. The molecule has 0 radical (unpaired) electrons. The van der Waals surface area contributed by atoms with Gasteiger partial charge in [0.15, 0.2) is 0 Å². The van der Waals surface area contributed by atoms with Gasteiger partial charge in [-0.15, -0.1) is 0 Å². The topological polar surface area (TPSA) is 74.6 Å². The van der Waals surface area contributed by atoms with Crippen LogP contribution in [0.15, 0.2) is 0 Å². The van der Waals surface area contributed by atoms with E-state index in [4.69, 9.17) is 10.2 Å². The second-order valence-corrected chi connectivity index (χ2v) is 4.72. The Labute approximate surface area is 103 Å². The number of hydrogen-bond acceptors (Lipinski definition) is 2. The van der Waals surface area contributed by atoms with Crippen LogP contribution < -0.4 is 0 Å². The fourth-order valence-corrected chi connectivity index (χ4v) is 1.99. The van der Waals surface area contributed by atoms with E-state index in [0.717, 1.165) is 19.3 Å². The van der Waals surface area contributed by atoms with Gasteiger partial charge in [0.1, 0.15) is 0 Å². The third kappa shape index (κ3) is 7.77. The minimum absolute atomic E-state index is 0.0646. The molecule has 0 saturated carbocycles. The van der Waals surface area contributed by atoms with Crippen molar-refractivity contribution in [3.05, 3.63) is 0 Å². The molecule has 17 heavy (non-hydrogen) atoms. The molecule has 0 aliphatic carbocycles. The molecule has 0 bridgehead atoms. The predicted octanol–water partition coefficient (Wildman–Crippen LogP) is 3.16. The standard InChI is InChI=1S/C13H24O4/c1-3-4-5-6-7-8-10(2)11(13(16)17)9-12(14)15/h10-11H,3-9H2,1-2H3,(H,14,15)(H,16,17). The first-order valence-corrected chi connectivity index (χ1v) is 6.43. The first-order chi connectivity index (χ1) is 7.99. The Morgan fingerprint density at radius 3 is 2.12 bits per heavy atom. The lowest BCUT2D eigenvalue weighted by atomic mass is 9.87. The summed E-state index contributed by atoms with van der Waals surface area (Å²) >= 11 is 0. The number of carboxylic acids is 2. The Hall–Kier alpha value is -1.06. The van der Waals surface area contributed by atoms with Crippen LogP contribution in [0.4, 0.5) is 0 Å².